The number of hydrogen-bond donors (Lipinski definition) is 1. The Labute approximate surface area is 162 Å². The van der Waals surface area contributed by atoms with Crippen molar-refractivity contribution < 1.29 is 14.3 Å². The fourth-order valence-corrected chi connectivity index (χ4v) is 3.05. The zero-order valence-electron chi connectivity index (χ0n) is 17.1. The Kier molecular flexibility index (Phi) is 7.66. The number of aryl methyl sites for hydroxylation is 1. The van der Waals surface area contributed by atoms with E-state index in [1.807, 2.05) is 52.0 Å². The quantitative estimate of drug-likeness (QED) is 0.777. The summed E-state index contributed by atoms with van der Waals surface area (Å²) in [5.74, 6) is 0.0686. The van der Waals surface area contributed by atoms with E-state index in [9.17, 15) is 9.59 Å². The van der Waals surface area contributed by atoms with E-state index in [0.29, 0.717) is 26.1 Å². The van der Waals surface area contributed by atoms with Gasteiger partial charge in [-0.1, -0.05) is 24.3 Å². The molecule has 6 heteroatoms. The van der Waals surface area contributed by atoms with Gasteiger partial charge >= 0.3 is 6.09 Å². The Balaban J connectivity index is 1.60. The molecule has 0 radical (unpaired) electrons. The average molecular weight is 376 g/mol. The fourth-order valence-electron chi connectivity index (χ4n) is 3.05. The summed E-state index contributed by atoms with van der Waals surface area (Å²) >= 11 is 0. The minimum atomic E-state index is -0.454. The lowest BCUT2D eigenvalue weighted by molar-refractivity contribution is -0.120. The van der Waals surface area contributed by atoms with Gasteiger partial charge < -0.3 is 15.0 Å². The van der Waals surface area contributed by atoms with Crippen LogP contribution in [0.2, 0.25) is 0 Å². The van der Waals surface area contributed by atoms with Crippen LogP contribution < -0.4 is 5.32 Å². The minimum absolute atomic E-state index is 0.0686. The van der Waals surface area contributed by atoms with Gasteiger partial charge in [-0.15, -0.1) is 0 Å². The van der Waals surface area contributed by atoms with Crippen molar-refractivity contribution in [3.05, 3.63) is 35.4 Å². The monoisotopic (exact) mass is 375 g/mol. The summed E-state index contributed by atoms with van der Waals surface area (Å²) in [5, 5.41) is 3.00. The van der Waals surface area contributed by atoms with Gasteiger partial charge in [0, 0.05) is 32.7 Å². The molecule has 1 aromatic rings. The first-order valence-corrected chi connectivity index (χ1v) is 9.76. The van der Waals surface area contributed by atoms with Crippen molar-refractivity contribution in [1.29, 1.82) is 0 Å². The average Bonchev–Trinajstić information content (AvgIpc) is 2.60. The topological polar surface area (TPSA) is 61.9 Å². The predicted octanol–water partition coefficient (Wildman–Crippen LogP) is 2.60. The number of ether oxygens (including phenoxy) is 1. The number of nitrogens with one attached hydrogen (secondary N) is 1. The molecule has 6 nitrogen and oxygen atoms in total. The van der Waals surface area contributed by atoms with Gasteiger partial charge in [0.15, 0.2) is 0 Å². The van der Waals surface area contributed by atoms with Gasteiger partial charge in [-0.05, 0) is 51.8 Å². The summed E-state index contributed by atoms with van der Waals surface area (Å²) in [4.78, 5) is 28.2. The highest BCUT2D eigenvalue weighted by Gasteiger charge is 2.25. The first kappa shape index (κ1) is 21.2. The third kappa shape index (κ3) is 7.59. The zero-order chi connectivity index (χ0) is 19.9. The molecule has 0 unspecified atom stereocenters. The number of hydrogen-bond acceptors (Lipinski definition) is 4. The molecule has 1 fully saturated rings. The molecule has 0 spiro atoms. The van der Waals surface area contributed by atoms with Crippen molar-refractivity contribution in [2.24, 2.45) is 0 Å². The van der Waals surface area contributed by atoms with E-state index in [0.717, 1.165) is 37.2 Å². The van der Waals surface area contributed by atoms with Crippen LogP contribution in [0.15, 0.2) is 24.3 Å². The van der Waals surface area contributed by atoms with E-state index in [2.05, 4.69) is 10.2 Å². The van der Waals surface area contributed by atoms with Crippen molar-refractivity contribution in [3.8, 4) is 0 Å². The number of rotatable bonds is 6. The number of carbonyl (C=O) groups is 2. The van der Waals surface area contributed by atoms with Crippen LogP contribution >= 0.6 is 0 Å². The maximum absolute atomic E-state index is 12.1. The van der Waals surface area contributed by atoms with E-state index in [1.54, 1.807) is 4.90 Å². The summed E-state index contributed by atoms with van der Waals surface area (Å²) in [6.07, 6.45) is 1.11. The van der Waals surface area contributed by atoms with Crippen LogP contribution in [0.1, 0.15) is 38.3 Å². The van der Waals surface area contributed by atoms with Gasteiger partial charge in [-0.25, -0.2) is 4.79 Å². The summed E-state index contributed by atoms with van der Waals surface area (Å²) in [7, 11) is 0. The van der Waals surface area contributed by atoms with Crippen LogP contribution in [-0.4, -0.2) is 66.7 Å². The predicted molar refractivity (Wildman–Crippen MR) is 107 cm³/mol. The molecule has 0 atom stereocenters. The van der Waals surface area contributed by atoms with Crippen molar-refractivity contribution in [3.63, 3.8) is 0 Å². The van der Waals surface area contributed by atoms with Gasteiger partial charge in [0.1, 0.15) is 5.60 Å². The van der Waals surface area contributed by atoms with E-state index < -0.39 is 5.60 Å². The summed E-state index contributed by atoms with van der Waals surface area (Å²) in [5.41, 5.74) is 1.77. The highest BCUT2D eigenvalue weighted by molar-refractivity contribution is 5.78. The molecule has 1 aromatic carbocycles. The fraction of sp³-hybridized carbons (Fsp3) is 0.619. The third-order valence-corrected chi connectivity index (χ3v) is 4.61. The maximum Gasteiger partial charge on any atom is 0.410 e. The van der Waals surface area contributed by atoms with Crippen LogP contribution in [0.3, 0.4) is 0 Å². The Hall–Kier alpha value is -2.08. The number of benzene rings is 1. The molecule has 0 aromatic heterocycles. The van der Waals surface area contributed by atoms with Crippen molar-refractivity contribution in [2.75, 3.05) is 39.3 Å². The van der Waals surface area contributed by atoms with Crippen molar-refractivity contribution in [1.82, 2.24) is 15.1 Å². The number of nitrogens with zero attached hydrogens (tertiary/aromatic N) is 2. The van der Waals surface area contributed by atoms with Crippen LogP contribution in [-0.2, 0) is 16.0 Å². The van der Waals surface area contributed by atoms with E-state index in [1.165, 1.54) is 0 Å². The maximum atomic E-state index is 12.1. The first-order valence-electron chi connectivity index (χ1n) is 9.76. The molecule has 1 saturated heterocycles. The van der Waals surface area contributed by atoms with E-state index >= 15 is 0 Å². The molecule has 150 valence electrons. The van der Waals surface area contributed by atoms with Crippen LogP contribution in [0.5, 0.6) is 0 Å². The van der Waals surface area contributed by atoms with E-state index in [4.69, 9.17) is 4.74 Å². The zero-order valence-corrected chi connectivity index (χ0v) is 17.1. The molecule has 0 saturated carbocycles. The van der Waals surface area contributed by atoms with Crippen molar-refractivity contribution >= 4 is 12.0 Å². The second-order valence-electron chi connectivity index (χ2n) is 8.12. The minimum Gasteiger partial charge on any atom is -0.444 e. The largest absolute Gasteiger partial charge is 0.444 e. The Morgan fingerprint density at radius 3 is 2.41 bits per heavy atom. The standard InChI is InChI=1S/C21H33N3O3/c1-17-8-5-6-9-18(17)16-19(25)22-10-7-11-23-12-14-24(15-13-23)20(26)27-21(2,3)4/h5-6,8-9H,7,10-16H2,1-4H3,(H,22,25). The van der Waals surface area contributed by atoms with Gasteiger partial charge in [0.2, 0.25) is 5.91 Å². The second kappa shape index (κ2) is 9.74. The second-order valence-corrected chi connectivity index (χ2v) is 8.12. The number of piperazine rings is 1. The van der Waals surface area contributed by atoms with Gasteiger partial charge in [-0.3, -0.25) is 9.69 Å². The summed E-state index contributed by atoms with van der Waals surface area (Å²) in [6.45, 7) is 12.3. The van der Waals surface area contributed by atoms with Crippen LogP contribution in [0, 0.1) is 6.92 Å². The Bertz CT molecular complexity index is 632. The van der Waals surface area contributed by atoms with Gasteiger partial charge in [0.05, 0.1) is 6.42 Å². The molecule has 2 rings (SSSR count). The molecule has 1 aliphatic heterocycles. The lowest BCUT2D eigenvalue weighted by Crippen LogP contribution is -2.50. The lowest BCUT2D eigenvalue weighted by atomic mass is 10.1. The highest BCUT2D eigenvalue weighted by Crippen LogP contribution is 2.12. The Morgan fingerprint density at radius 1 is 1.11 bits per heavy atom. The smallest absolute Gasteiger partial charge is 0.410 e. The number of carbonyl (C=O) groups excluding carboxylic acids is 2. The lowest BCUT2D eigenvalue weighted by Gasteiger charge is -2.35. The van der Waals surface area contributed by atoms with Gasteiger partial charge in [0.25, 0.3) is 0 Å². The molecular weight excluding hydrogens is 342 g/mol. The SMILES string of the molecule is Cc1ccccc1CC(=O)NCCCN1CCN(C(=O)OC(C)(C)C)CC1. The molecular formula is C21H33N3O3. The summed E-state index contributed by atoms with van der Waals surface area (Å²) in [6, 6.07) is 7.98. The van der Waals surface area contributed by atoms with Gasteiger partial charge in [-0.2, -0.15) is 0 Å². The van der Waals surface area contributed by atoms with Crippen molar-refractivity contribution in [2.45, 2.75) is 46.1 Å². The molecule has 1 N–H and O–H groups in total. The highest BCUT2D eigenvalue weighted by atomic mass is 16.6. The first-order chi connectivity index (χ1) is 12.7. The third-order valence-electron chi connectivity index (χ3n) is 4.61. The molecule has 1 heterocycles. The molecule has 2 amide bonds. The van der Waals surface area contributed by atoms with E-state index in [-0.39, 0.29) is 12.0 Å². The normalized spacial score (nSPS) is 15.5. The molecule has 0 aliphatic carbocycles. The molecule has 0 bridgehead atoms. The summed E-state index contributed by atoms with van der Waals surface area (Å²) < 4.78 is 5.42. The van der Waals surface area contributed by atoms with Crippen LogP contribution in [0.25, 0.3) is 0 Å². The Morgan fingerprint density at radius 2 is 1.78 bits per heavy atom. The molecule has 27 heavy (non-hydrogen) atoms. The molecule has 1 aliphatic rings. The van der Waals surface area contributed by atoms with Crippen LogP contribution in [0.4, 0.5) is 4.79 Å². The number of amides is 2.